The lowest BCUT2D eigenvalue weighted by atomic mass is 10.2. The van der Waals surface area contributed by atoms with Gasteiger partial charge in [-0.15, -0.1) is 0 Å². The van der Waals surface area contributed by atoms with E-state index in [-0.39, 0.29) is 0 Å². The number of pyridine rings is 1. The zero-order valence-electron chi connectivity index (χ0n) is 10.7. The van der Waals surface area contributed by atoms with Crippen LogP contribution < -0.4 is 0 Å². The van der Waals surface area contributed by atoms with Gasteiger partial charge in [0.15, 0.2) is 0 Å². The minimum Gasteiger partial charge on any atom is -0.461 e. The summed E-state index contributed by atoms with van der Waals surface area (Å²) in [6.07, 6.45) is 1.66. The second-order valence-electron chi connectivity index (χ2n) is 3.95. The van der Waals surface area contributed by atoms with Crippen LogP contribution in [0.25, 0.3) is 11.3 Å². The highest BCUT2D eigenvalue weighted by Gasteiger charge is 2.10. The molecule has 2 aromatic heterocycles. The van der Waals surface area contributed by atoms with Crippen LogP contribution in [0.4, 0.5) is 0 Å². The minimum atomic E-state index is -0.398. The largest absolute Gasteiger partial charge is 0.461 e. The van der Waals surface area contributed by atoms with E-state index < -0.39 is 5.97 Å². The van der Waals surface area contributed by atoms with Crippen LogP contribution in [0.2, 0.25) is 0 Å². The van der Waals surface area contributed by atoms with Crippen LogP contribution in [0.15, 0.2) is 24.4 Å². The van der Waals surface area contributed by atoms with Crippen molar-refractivity contribution in [3.8, 4) is 11.3 Å². The van der Waals surface area contributed by atoms with Gasteiger partial charge < -0.3 is 4.74 Å². The highest BCUT2D eigenvalue weighted by molar-refractivity contribution is 5.87. The van der Waals surface area contributed by atoms with Crippen molar-refractivity contribution in [2.24, 2.45) is 7.05 Å². The van der Waals surface area contributed by atoms with E-state index in [1.807, 2.05) is 26.1 Å². The number of aromatic nitrogens is 3. The van der Waals surface area contributed by atoms with E-state index in [4.69, 9.17) is 4.74 Å². The van der Waals surface area contributed by atoms with Crippen LogP contribution in [0.1, 0.15) is 23.1 Å². The second-order valence-corrected chi connectivity index (χ2v) is 3.95. The Morgan fingerprint density at radius 1 is 1.44 bits per heavy atom. The summed E-state index contributed by atoms with van der Waals surface area (Å²) in [5, 5.41) is 4.27. The molecule has 2 heterocycles. The third-order valence-corrected chi connectivity index (χ3v) is 2.55. The minimum absolute atomic E-state index is 0.319. The normalized spacial score (nSPS) is 10.4. The first-order chi connectivity index (χ1) is 8.61. The summed E-state index contributed by atoms with van der Waals surface area (Å²) in [6, 6.07) is 5.48. The number of rotatable bonds is 3. The van der Waals surface area contributed by atoms with Crippen molar-refractivity contribution in [1.82, 2.24) is 14.8 Å². The van der Waals surface area contributed by atoms with E-state index >= 15 is 0 Å². The average Bonchev–Trinajstić information content (AvgIpc) is 2.69. The van der Waals surface area contributed by atoms with Gasteiger partial charge in [-0.2, -0.15) is 5.10 Å². The molecule has 0 aromatic carbocycles. The topological polar surface area (TPSA) is 57.0 Å². The quantitative estimate of drug-likeness (QED) is 0.776. The molecule has 94 valence electrons. The van der Waals surface area contributed by atoms with Gasteiger partial charge in [-0.05, 0) is 32.0 Å². The molecule has 0 radical (unpaired) electrons. The maximum Gasteiger partial charge on any atom is 0.356 e. The fourth-order valence-corrected chi connectivity index (χ4v) is 1.75. The Morgan fingerprint density at radius 2 is 2.22 bits per heavy atom. The van der Waals surface area contributed by atoms with Gasteiger partial charge in [-0.25, -0.2) is 9.78 Å². The standard InChI is InChI=1S/C13H15N3O2/c1-4-18-13(17)11-6-5-10(8-14-11)12-7-9(2)15-16(12)3/h5-8H,4H2,1-3H3. The molecule has 0 spiro atoms. The zero-order valence-corrected chi connectivity index (χ0v) is 10.7. The molecular formula is C13H15N3O2. The van der Waals surface area contributed by atoms with E-state index in [1.54, 1.807) is 23.9 Å². The Morgan fingerprint density at radius 3 is 2.72 bits per heavy atom. The van der Waals surface area contributed by atoms with Gasteiger partial charge in [0.1, 0.15) is 5.69 Å². The molecule has 2 rings (SSSR count). The summed E-state index contributed by atoms with van der Waals surface area (Å²) in [4.78, 5) is 15.6. The first kappa shape index (κ1) is 12.3. The number of carbonyl (C=O) groups excluding carboxylic acids is 1. The molecule has 18 heavy (non-hydrogen) atoms. The van der Waals surface area contributed by atoms with Gasteiger partial charge in [-0.1, -0.05) is 0 Å². The molecule has 5 heteroatoms. The highest BCUT2D eigenvalue weighted by Crippen LogP contribution is 2.18. The molecule has 0 aliphatic carbocycles. The lowest BCUT2D eigenvalue weighted by molar-refractivity contribution is 0.0519. The van der Waals surface area contributed by atoms with Crippen molar-refractivity contribution in [3.63, 3.8) is 0 Å². The van der Waals surface area contributed by atoms with Crippen molar-refractivity contribution in [3.05, 3.63) is 35.8 Å². The summed E-state index contributed by atoms with van der Waals surface area (Å²) < 4.78 is 6.67. The number of esters is 1. The van der Waals surface area contributed by atoms with Crippen molar-refractivity contribution < 1.29 is 9.53 Å². The van der Waals surface area contributed by atoms with E-state index in [0.717, 1.165) is 17.0 Å². The molecule has 0 aliphatic rings. The molecule has 0 atom stereocenters. The van der Waals surface area contributed by atoms with Gasteiger partial charge in [0, 0.05) is 18.8 Å². The van der Waals surface area contributed by atoms with Crippen LogP contribution in [0.3, 0.4) is 0 Å². The van der Waals surface area contributed by atoms with Crippen molar-refractivity contribution >= 4 is 5.97 Å². The first-order valence-corrected chi connectivity index (χ1v) is 5.76. The maximum absolute atomic E-state index is 11.5. The number of hydrogen-bond acceptors (Lipinski definition) is 4. The third-order valence-electron chi connectivity index (χ3n) is 2.55. The molecule has 0 bridgehead atoms. The Kier molecular flexibility index (Phi) is 3.41. The molecule has 2 aromatic rings. The van der Waals surface area contributed by atoms with Crippen molar-refractivity contribution in [2.75, 3.05) is 6.61 Å². The Hall–Kier alpha value is -2.17. The molecule has 5 nitrogen and oxygen atoms in total. The highest BCUT2D eigenvalue weighted by atomic mass is 16.5. The van der Waals surface area contributed by atoms with Gasteiger partial charge in [0.05, 0.1) is 18.0 Å². The zero-order chi connectivity index (χ0) is 13.1. The molecule has 0 unspecified atom stereocenters. The van der Waals surface area contributed by atoms with Crippen LogP contribution >= 0.6 is 0 Å². The number of carbonyl (C=O) groups is 1. The fourth-order valence-electron chi connectivity index (χ4n) is 1.75. The summed E-state index contributed by atoms with van der Waals surface area (Å²) in [7, 11) is 1.88. The monoisotopic (exact) mass is 245 g/mol. The average molecular weight is 245 g/mol. The lowest BCUT2D eigenvalue weighted by Crippen LogP contribution is -2.06. The maximum atomic E-state index is 11.5. The molecular weight excluding hydrogens is 230 g/mol. The van der Waals surface area contributed by atoms with Crippen LogP contribution in [-0.4, -0.2) is 27.3 Å². The van der Waals surface area contributed by atoms with E-state index in [2.05, 4.69) is 10.1 Å². The Balaban J connectivity index is 2.27. The molecule has 0 aliphatic heterocycles. The Bertz CT molecular complexity index is 558. The SMILES string of the molecule is CCOC(=O)c1ccc(-c2cc(C)nn2C)cn1. The molecule has 0 N–H and O–H groups in total. The van der Waals surface area contributed by atoms with Crippen LogP contribution in [-0.2, 0) is 11.8 Å². The smallest absolute Gasteiger partial charge is 0.356 e. The van der Waals surface area contributed by atoms with E-state index in [1.165, 1.54) is 0 Å². The molecule has 0 amide bonds. The third kappa shape index (κ3) is 2.40. The molecule has 0 fully saturated rings. The number of hydrogen-bond donors (Lipinski definition) is 0. The van der Waals surface area contributed by atoms with E-state index in [9.17, 15) is 4.79 Å². The van der Waals surface area contributed by atoms with Gasteiger partial charge in [-0.3, -0.25) is 4.68 Å². The number of nitrogens with zero attached hydrogens (tertiary/aromatic N) is 3. The first-order valence-electron chi connectivity index (χ1n) is 5.76. The number of aryl methyl sites for hydroxylation is 2. The van der Waals surface area contributed by atoms with Gasteiger partial charge in [0.25, 0.3) is 0 Å². The van der Waals surface area contributed by atoms with E-state index in [0.29, 0.717) is 12.3 Å². The second kappa shape index (κ2) is 5.00. The van der Waals surface area contributed by atoms with Crippen molar-refractivity contribution in [1.29, 1.82) is 0 Å². The summed E-state index contributed by atoms with van der Waals surface area (Å²) in [5.74, 6) is -0.398. The predicted octanol–water partition coefficient (Wildman–Crippen LogP) is 1.97. The van der Waals surface area contributed by atoms with Crippen LogP contribution in [0, 0.1) is 6.92 Å². The van der Waals surface area contributed by atoms with Gasteiger partial charge >= 0.3 is 5.97 Å². The summed E-state index contributed by atoms with van der Waals surface area (Å²) in [6.45, 7) is 4.05. The summed E-state index contributed by atoms with van der Waals surface area (Å²) >= 11 is 0. The van der Waals surface area contributed by atoms with Gasteiger partial charge in [0.2, 0.25) is 0 Å². The summed E-state index contributed by atoms with van der Waals surface area (Å²) in [5.41, 5.74) is 3.16. The lowest BCUT2D eigenvalue weighted by Gasteiger charge is -2.03. The fraction of sp³-hybridized carbons (Fsp3) is 0.308. The van der Waals surface area contributed by atoms with Crippen LogP contribution in [0.5, 0.6) is 0 Å². The Labute approximate surface area is 105 Å². The number of ether oxygens (including phenoxy) is 1. The molecule has 0 saturated heterocycles. The molecule has 0 saturated carbocycles. The predicted molar refractivity (Wildman–Crippen MR) is 67.1 cm³/mol. The van der Waals surface area contributed by atoms with Crippen molar-refractivity contribution in [2.45, 2.75) is 13.8 Å².